The minimum Gasteiger partial charge on any atom is -0.478 e. The molecular formula is C28H18BrClN2O4S. The lowest BCUT2D eigenvalue weighted by molar-refractivity contribution is -0.122. The first kappa shape index (κ1) is 25.1. The first-order chi connectivity index (χ1) is 17.9. The zero-order chi connectivity index (χ0) is 25.9. The van der Waals surface area contributed by atoms with Crippen LogP contribution in [0, 0.1) is 0 Å². The van der Waals surface area contributed by atoms with Crippen molar-refractivity contribution in [3.63, 3.8) is 0 Å². The maximum Gasteiger partial charge on any atom is 0.335 e. The molecule has 37 heavy (non-hydrogen) atoms. The number of aliphatic imine (C=N–C) groups is 1. The fourth-order valence-electron chi connectivity index (χ4n) is 3.64. The molecule has 3 aromatic carbocycles. The number of amidine groups is 1. The molecule has 0 radical (unpaired) electrons. The standard InChI is InChI=1S/C28H18BrClN2O4S/c29-22-12-10-19(14-23(22)30)24-13-11-21(36-24)15-25-26(33)32(16-17-6-8-18(9-7-17)27(34)35)28(37-25)31-20-4-2-1-3-5-20/h1-15H,16H2,(H,34,35)/b25-15-,31-28?. The normalized spacial score (nSPS) is 15.6. The Labute approximate surface area is 230 Å². The SMILES string of the molecule is O=C(O)c1ccc(CN2C(=O)/C(=C/c3ccc(-c4ccc(Br)c(Cl)c4)o3)SC2=Nc2ccccc2)cc1. The van der Waals surface area contributed by atoms with Crippen LogP contribution in [0.4, 0.5) is 5.69 Å². The highest BCUT2D eigenvalue weighted by Gasteiger charge is 2.34. The number of carboxylic acids is 1. The second-order valence-corrected chi connectivity index (χ2v) is 10.3. The van der Waals surface area contributed by atoms with Crippen LogP contribution in [0.15, 0.2) is 104 Å². The topological polar surface area (TPSA) is 83.1 Å². The molecule has 1 aliphatic heterocycles. The lowest BCUT2D eigenvalue weighted by atomic mass is 10.1. The number of carbonyl (C=O) groups is 2. The minimum atomic E-state index is -1.00. The molecular weight excluding hydrogens is 576 g/mol. The molecule has 0 bridgehead atoms. The van der Waals surface area contributed by atoms with Gasteiger partial charge in [0.25, 0.3) is 5.91 Å². The highest BCUT2D eigenvalue weighted by atomic mass is 79.9. The van der Waals surface area contributed by atoms with Crippen LogP contribution in [-0.2, 0) is 11.3 Å². The van der Waals surface area contributed by atoms with Crippen LogP contribution >= 0.6 is 39.3 Å². The van der Waals surface area contributed by atoms with E-state index in [1.54, 1.807) is 35.2 Å². The van der Waals surface area contributed by atoms with E-state index in [4.69, 9.17) is 21.0 Å². The Morgan fingerprint density at radius 1 is 1.05 bits per heavy atom. The van der Waals surface area contributed by atoms with Crippen molar-refractivity contribution in [3.05, 3.63) is 116 Å². The number of rotatable bonds is 6. The summed E-state index contributed by atoms with van der Waals surface area (Å²) in [6, 6.07) is 25.0. The summed E-state index contributed by atoms with van der Waals surface area (Å²) in [6.07, 6.45) is 1.70. The first-order valence-corrected chi connectivity index (χ1v) is 13.1. The van der Waals surface area contributed by atoms with Crippen molar-refractivity contribution in [2.45, 2.75) is 6.54 Å². The van der Waals surface area contributed by atoms with E-state index in [1.807, 2.05) is 48.5 Å². The lowest BCUT2D eigenvalue weighted by Gasteiger charge is -2.16. The Morgan fingerprint density at radius 2 is 1.81 bits per heavy atom. The summed E-state index contributed by atoms with van der Waals surface area (Å²) >= 11 is 10.9. The lowest BCUT2D eigenvalue weighted by Crippen LogP contribution is -2.28. The molecule has 6 nitrogen and oxygen atoms in total. The van der Waals surface area contributed by atoms with Gasteiger partial charge in [-0.05, 0) is 81.8 Å². The van der Waals surface area contributed by atoms with E-state index in [-0.39, 0.29) is 18.0 Å². The number of amides is 1. The van der Waals surface area contributed by atoms with Gasteiger partial charge in [0.1, 0.15) is 11.5 Å². The molecule has 4 aromatic rings. The number of halogens is 2. The summed E-state index contributed by atoms with van der Waals surface area (Å²) in [5.74, 6) is -0.0624. The molecule has 1 aromatic heterocycles. The van der Waals surface area contributed by atoms with Gasteiger partial charge in [-0.3, -0.25) is 9.69 Å². The molecule has 184 valence electrons. The van der Waals surface area contributed by atoms with E-state index < -0.39 is 5.97 Å². The van der Waals surface area contributed by atoms with Crippen LogP contribution in [0.5, 0.6) is 0 Å². The molecule has 0 unspecified atom stereocenters. The number of carboxylic acid groups (broad SMARTS) is 1. The van der Waals surface area contributed by atoms with E-state index in [9.17, 15) is 14.7 Å². The summed E-state index contributed by atoms with van der Waals surface area (Å²) in [4.78, 5) is 31.4. The molecule has 1 fully saturated rings. The number of hydrogen-bond acceptors (Lipinski definition) is 5. The van der Waals surface area contributed by atoms with Crippen LogP contribution in [0.1, 0.15) is 21.7 Å². The van der Waals surface area contributed by atoms with Crippen LogP contribution in [0.3, 0.4) is 0 Å². The molecule has 5 rings (SSSR count). The molecule has 9 heteroatoms. The quantitative estimate of drug-likeness (QED) is 0.230. The number of aromatic carboxylic acids is 1. The van der Waals surface area contributed by atoms with Gasteiger partial charge < -0.3 is 9.52 Å². The second-order valence-electron chi connectivity index (χ2n) is 8.06. The van der Waals surface area contributed by atoms with Gasteiger partial charge in [-0.25, -0.2) is 9.79 Å². The molecule has 1 N–H and O–H groups in total. The summed E-state index contributed by atoms with van der Waals surface area (Å²) in [5, 5.41) is 10.3. The van der Waals surface area contributed by atoms with Crippen molar-refractivity contribution in [2.75, 3.05) is 0 Å². The number of hydrogen-bond donors (Lipinski definition) is 1. The van der Waals surface area contributed by atoms with Gasteiger partial charge in [0.05, 0.1) is 27.7 Å². The first-order valence-electron chi connectivity index (χ1n) is 11.1. The molecule has 0 atom stereocenters. The summed E-state index contributed by atoms with van der Waals surface area (Å²) in [5.41, 5.74) is 2.51. The van der Waals surface area contributed by atoms with Gasteiger partial charge in [0.2, 0.25) is 0 Å². The maximum absolute atomic E-state index is 13.4. The average Bonchev–Trinajstić information content (AvgIpc) is 3.47. The summed E-state index contributed by atoms with van der Waals surface area (Å²) < 4.78 is 6.78. The predicted molar refractivity (Wildman–Crippen MR) is 150 cm³/mol. The fourth-order valence-corrected chi connectivity index (χ4v) is 5.05. The van der Waals surface area contributed by atoms with Gasteiger partial charge >= 0.3 is 5.97 Å². The number of thioether (sulfide) groups is 1. The van der Waals surface area contributed by atoms with Crippen LogP contribution < -0.4 is 0 Å². The van der Waals surface area contributed by atoms with Crippen molar-refractivity contribution in [3.8, 4) is 11.3 Å². The minimum absolute atomic E-state index is 0.185. The predicted octanol–water partition coefficient (Wildman–Crippen LogP) is 7.86. The Balaban J connectivity index is 1.45. The molecule has 0 spiro atoms. The van der Waals surface area contributed by atoms with Crippen molar-refractivity contribution in [2.24, 2.45) is 4.99 Å². The Bertz CT molecular complexity index is 1550. The van der Waals surface area contributed by atoms with Gasteiger partial charge in [-0.1, -0.05) is 48.0 Å². The summed E-state index contributed by atoms with van der Waals surface area (Å²) in [7, 11) is 0. The van der Waals surface area contributed by atoms with Crippen LogP contribution in [0.2, 0.25) is 5.02 Å². The third-order valence-electron chi connectivity index (χ3n) is 5.51. The van der Waals surface area contributed by atoms with E-state index >= 15 is 0 Å². The van der Waals surface area contributed by atoms with Crippen molar-refractivity contribution >= 4 is 68.1 Å². The Morgan fingerprint density at radius 3 is 2.51 bits per heavy atom. The molecule has 0 saturated carbocycles. The number of benzene rings is 3. The van der Waals surface area contributed by atoms with E-state index in [0.717, 1.165) is 21.3 Å². The number of carbonyl (C=O) groups excluding carboxylic acids is 1. The number of furan rings is 1. The largest absolute Gasteiger partial charge is 0.478 e. The molecule has 0 aliphatic carbocycles. The summed E-state index contributed by atoms with van der Waals surface area (Å²) in [6.45, 7) is 0.246. The smallest absolute Gasteiger partial charge is 0.335 e. The van der Waals surface area contributed by atoms with Crippen molar-refractivity contribution in [1.29, 1.82) is 0 Å². The molecule has 1 amide bonds. The highest BCUT2D eigenvalue weighted by molar-refractivity contribution is 9.10. The van der Waals surface area contributed by atoms with E-state index in [2.05, 4.69) is 15.9 Å². The molecule has 2 heterocycles. The maximum atomic E-state index is 13.4. The van der Waals surface area contributed by atoms with Gasteiger partial charge in [0, 0.05) is 16.1 Å². The van der Waals surface area contributed by atoms with Gasteiger partial charge in [0.15, 0.2) is 5.17 Å². The third kappa shape index (κ3) is 5.72. The highest BCUT2D eigenvalue weighted by Crippen LogP contribution is 2.36. The van der Waals surface area contributed by atoms with Crippen molar-refractivity contribution in [1.82, 2.24) is 4.90 Å². The molecule has 1 saturated heterocycles. The third-order valence-corrected chi connectivity index (χ3v) is 7.75. The zero-order valence-corrected chi connectivity index (χ0v) is 22.3. The monoisotopic (exact) mass is 592 g/mol. The van der Waals surface area contributed by atoms with E-state index in [1.165, 1.54) is 23.9 Å². The Hall–Kier alpha value is -3.59. The number of para-hydroxylation sites is 1. The average molecular weight is 594 g/mol. The zero-order valence-electron chi connectivity index (χ0n) is 19.1. The fraction of sp³-hybridized carbons (Fsp3) is 0.0357. The van der Waals surface area contributed by atoms with Crippen molar-refractivity contribution < 1.29 is 19.1 Å². The second kappa shape index (κ2) is 10.8. The Kier molecular flexibility index (Phi) is 7.32. The van der Waals surface area contributed by atoms with E-state index in [0.29, 0.717) is 26.6 Å². The van der Waals surface area contributed by atoms with Crippen LogP contribution in [0.25, 0.3) is 17.4 Å². The number of nitrogens with zero attached hydrogens (tertiary/aromatic N) is 2. The van der Waals surface area contributed by atoms with Crippen LogP contribution in [-0.4, -0.2) is 27.1 Å². The molecule has 1 aliphatic rings. The van der Waals surface area contributed by atoms with Gasteiger partial charge in [-0.2, -0.15) is 0 Å². The van der Waals surface area contributed by atoms with Gasteiger partial charge in [-0.15, -0.1) is 0 Å².